The van der Waals surface area contributed by atoms with Crippen LogP contribution >= 0.6 is 15.9 Å². The Balaban J connectivity index is 1.81. The second-order valence-corrected chi connectivity index (χ2v) is 7.12. The van der Waals surface area contributed by atoms with Crippen molar-refractivity contribution in [3.8, 4) is 5.69 Å². The molecule has 0 saturated carbocycles. The van der Waals surface area contributed by atoms with Crippen LogP contribution in [0, 0.1) is 13.8 Å². The molecule has 0 unspecified atom stereocenters. The molecule has 0 amide bonds. The fourth-order valence-corrected chi connectivity index (χ4v) is 3.96. The summed E-state index contributed by atoms with van der Waals surface area (Å²) < 4.78 is 3.34. The van der Waals surface area contributed by atoms with E-state index in [-0.39, 0.29) is 0 Å². The predicted molar refractivity (Wildman–Crippen MR) is 114 cm³/mol. The Bertz CT molecular complexity index is 1100. The number of benzene rings is 3. The monoisotopic (exact) mass is 402 g/mol. The summed E-state index contributed by atoms with van der Waals surface area (Å²) in [6.07, 6.45) is 1.97. The number of hydrogen-bond donors (Lipinski definition) is 0. The maximum Gasteiger partial charge on any atom is 0.0708 e. The molecule has 0 radical (unpaired) electrons. The van der Waals surface area contributed by atoms with Gasteiger partial charge in [-0.1, -0.05) is 54.6 Å². The minimum absolute atomic E-state index is 0.986. The first-order valence-corrected chi connectivity index (χ1v) is 9.41. The first kappa shape index (κ1) is 16.8. The number of aliphatic imine (C=N–C) groups is 1. The minimum Gasteiger partial charge on any atom is -0.317 e. The molecule has 4 rings (SSSR count). The van der Waals surface area contributed by atoms with Gasteiger partial charge in [0, 0.05) is 38.7 Å². The van der Waals surface area contributed by atoms with Crippen molar-refractivity contribution >= 4 is 38.6 Å². The lowest BCUT2D eigenvalue weighted by Gasteiger charge is -2.09. The van der Waals surface area contributed by atoms with E-state index in [1.165, 1.54) is 22.2 Å². The molecule has 0 atom stereocenters. The summed E-state index contributed by atoms with van der Waals surface area (Å²) in [5, 5.41) is 2.37. The zero-order valence-corrected chi connectivity index (χ0v) is 16.4. The molecule has 1 heterocycles. The second kappa shape index (κ2) is 6.93. The molecule has 0 aliphatic heterocycles. The molecular formula is C23H19BrN2. The fraction of sp³-hybridized carbons (Fsp3) is 0.0870. The van der Waals surface area contributed by atoms with Crippen molar-refractivity contribution in [3.63, 3.8) is 0 Å². The first-order valence-electron chi connectivity index (χ1n) is 8.61. The molecule has 1 aromatic heterocycles. The van der Waals surface area contributed by atoms with Gasteiger partial charge in [-0.05, 0) is 53.4 Å². The van der Waals surface area contributed by atoms with E-state index in [0.29, 0.717) is 0 Å². The van der Waals surface area contributed by atoms with Gasteiger partial charge in [-0.15, -0.1) is 0 Å². The van der Waals surface area contributed by atoms with Crippen LogP contribution < -0.4 is 0 Å². The van der Waals surface area contributed by atoms with Crippen LogP contribution in [0.3, 0.4) is 0 Å². The van der Waals surface area contributed by atoms with Gasteiger partial charge in [-0.3, -0.25) is 4.99 Å². The lowest BCUT2D eigenvalue weighted by Crippen LogP contribution is -1.99. The summed E-state index contributed by atoms with van der Waals surface area (Å²) in [6.45, 7) is 4.26. The average Bonchev–Trinajstić information content (AvgIpc) is 2.89. The SMILES string of the molecule is Cc1c(Br)c(C=Nc2cccc3ccccc23)c(C)n1-c1ccccc1. The number of rotatable bonds is 3. The molecule has 0 saturated heterocycles. The minimum atomic E-state index is 0.986. The van der Waals surface area contributed by atoms with Crippen molar-refractivity contribution in [2.24, 2.45) is 4.99 Å². The van der Waals surface area contributed by atoms with Gasteiger partial charge < -0.3 is 4.57 Å². The number of nitrogens with zero attached hydrogens (tertiary/aromatic N) is 2. The van der Waals surface area contributed by atoms with Crippen LogP contribution in [0.4, 0.5) is 5.69 Å². The summed E-state index contributed by atoms with van der Waals surface area (Å²) in [5.41, 5.74) is 5.60. The standard InChI is InChI=1S/C23H19BrN2/c1-16-21(23(24)17(2)26(16)19-11-4-3-5-12-19)15-25-22-14-8-10-18-9-6-7-13-20(18)22/h3-15H,1-2H3. The van der Waals surface area contributed by atoms with Gasteiger partial charge in [0.15, 0.2) is 0 Å². The summed E-state index contributed by atoms with van der Waals surface area (Å²) in [4.78, 5) is 4.81. The molecule has 0 aliphatic rings. The molecule has 0 aliphatic carbocycles. The zero-order valence-electron chi connectivity index (χ0n) is 14.8. The predicted octanol–water partition coefficient (Wildman–Crippen LogP) is 6.76. The second-order valence-electron chi connectivity index (χ2n) is 6.33. The van der Waals surface area contributed by atoms with Crippen LogP contribution in [0.1, 0.15) is 17.0 Å². The molecule has 0 bridgehead atoms. The van der Waals surface area contributed by atoms with E-state index in [9.17, 15) is 0 Å². The summed E-state index contributed by atoms with van der Waals surface area (Å²) in [7, 11) is 0. The van der Waals surface area contributed by atoms with Crippen molar-refractivity contribution < 1.29 is 0 Å². The highest BCUT2D eigenvalue weighted by Crippen LogP contribution is 2.31. The Labute approximate surface area is 162 Å². The maximum atomic E-state index is 4.81. The normalized spacial score (nSPS) is 11.5. The number of para-hydroxylation sites is 1. The van der Waals surface area contributed by atoms with Crippen LogP contribution in [0.25, 0.3) is 16.5 Å². The van der Waals surface area contributed by atoms with Crippen molar-refractivity contribution in [2.45, 2.75) is 13.8 Å². The van der Waals surface area contributed by atoms with Crippen molar-refractivity contribution in [1.29, 1.82) is 0 Å². The van der Waals surface area contributed by atoms with Gasteiger partial charge in [-0.25, -0.2) is 0 Å². The van der Waals surface area contributed by atoms with E-state index in [4.69, 9.17) is 4.99 Å². The fourth-order valence-electron chi connectivity index (χ4n) is 3.39. The molecule has 3 aromatic carbocycles. The molecule has 128 valence electrons. The molecule has 3 heteroatoms. The van der Waals surface area contributed by atoms with Crippen LogP contribution in [0.2, 0.25) is 0 Å². The Morgan fingerprint density at radius 3 is 2.31 bits per heavy atom. The molecule has 26 heavy (non-hydrogen) atoms. The highest BCUT2D eigenvalue weighted by Gasteiger charge is 2.15. The Kier molecular flexibility index (Phi) is 4.48. The van der Waals surface area contributed by atoms with E-state index >= 15 is 0 Å². The van der Waals surface area contributed by atoms with Crippen molar-refractivity contribution in [3.05, 3.63) is 94.2 Å². The van der Waals surface area contributed by atoms with E-state index in [2.05, 4.69) is 101 Å². The third kappa shape index (κ3) is 2.89. The van der Waals surface area contributed by atoms with E-state index < -0.39 is 0 Å². The van der Waals surface area contributed by atoms with Crippen LogP contribution in [0.5, 0.6) is 0 Å². The molecule has 0 N–H and O–H groups in total. The average molecular weight is 403 g/mol. The largest absolute Gasteiger partial charge is 0.317 e. The highest BCUT2D eigenvalue weighted by atomic mass is 79.9. The lowest BCUT2D eigenvalue weighted by atomic mass is 10.1. The van der Waals surface area contributed by atoms with Gasteiger partial charge in [0.1, 0.15) is 0 Å². The third-order valence-corrected chi connectivity index (χ3v) is 5.73. The van der Waals surface area contributed by atoms with Crippen molar-refractivity contribution in [1.82, 2.24) is 4.57 Å². The summed E-state index contributed by atoms with van der Waals surface area (Å²) in [5.74, 6) is 0. The topological polar surface area (TPSA) is 17.3 Å². The summed E-state index contributed by atoms with van der Waals surface area (Å²) >= 11 is 3.76. The molecule has 0 fully saturated rings. The summed E-state index contributed by atoms with van der Waals surface area (Å²) in [6, 6.07) is 25.0. The smallest absolute Gasteiger partial charge is 0.0708 e. The number of hydrogen-bond acceptors (Lipinski definition) is 1. The van der Waals surface area contributed by atoms with Crippen LogP contribution in [-0.2, 0) is 0 Å². The van der Waals surface area contributed by atoms with Crippen molar-refractivity contribution in [2.75, 3.05) is 0 Å². The van der Waals surface area contributed by atoms with Crippen LogP contribution in [-0.4, -0.2) is 10.8 Å². The quantitative estimate of drug-likeness (QED) is 0.336. The van der Waals surface area contributed by atoms with Gasteiger partial charge in [-0.2, -0.15) is 0 Å². The molecule has 0 spiro atoms. The van der Waals surface area contributed by atoms with Gasteiger partial charge >= 0.3 is 0 Å². The third-order valence-electron chi connectivity index (χ3n) is 4.73. The number of fused-ring (bicyclic) bond motifs is 1. The maximum absolute atomic E-state index is 4.81. The number of aromatic nitrogens is 1. The van der Waals surface area contributed by atoms with Gasteiger partial charge in [0.25, 0.3) is 0 Å². The number of halogens is 1. The van der Waals surface area contributed by atoms with E-state index in [0.717, 1.165) is 21.4 Å². The van der Waals surface area contributed by atoms with Gasteiger partial charge in [0.2, 0.25) is 0 Å². The lowest BCUT2D eigenvalue weighted by molar-refractivity contribution is 0.962. The Morgan fingerprint density at radius 1 is 0.808 bits per heavy atom. The van der Waals surface area contributed by atoms with Crippen LogP contribution in [0.15, 0.2) is 82.3 Å². The Hall–Kier alpha value is -2.65. The highest BCUT2D eigenvalue weighted by molar-refractivity contribution is 9.10. The first-order chi connectivity index (χ1) is 12.7. The van der Waals surface area contributed by atoms with E-state index in [1.807, 2.05) is 12.3 Å². The molecule has 4 aromatic rings. The molecule has 2 nitrogen and oxygen atoms in total. The van der Waals surface area contributed by atoms with E-state index in [1.54, 1.807) is 0 Å². The Morgan fingerprint density at radius 2 is 1.50 bits per heavy atom. The van der Waals surface area contributed by atoms with Gasteiger partial charge in [0.05, 0.1) is 5.69 Å². The zero-order chi connectivity index (χ0) is 18.1. The molecular weight excluding hydrogens is 384 g/mol.